The molecule has 0 atom stereocenters. The van der Waals surface area contributed by atoms with Gasteiger partial charge in [-0.15, -0.1) is 0 Å². The summed E-state index contributed by atoms with van der Waals surface area (Å²) >= 11 is 0. The number of amides is 2. The van der Waals surface area contributed by atoms with Gasteiger partial charge in [0.1, 0.15) is 6.54 Å². The molecule has 1 aliphatic heterocycles. The van der Waals surface area contributed by atoms with Crippen LogP contribution in [0.25, 0.3) is 0 Å². The van der Waals surface area contributed by atoms with Crippen LogP contribution >= 0.6 is 0 Å². The molecule has 0 bridgehead atoms. The number of carbonyl (C=O) groups is 2. The average Bonchev–Trinajstić information content (AvgIpc) is 2.42. The maximum Gasteiger partial charge on any atom is 0.405 e. The first-order valence-electron chi connectivity index (χ1n) is 6.27. The Morgan fingerprint density at radius 1 is 1.33 bits per heavy atom. The molecule has 2 rings (SSSR count). The Kier molecular flexibility index (Phi) is 4.06. The highest BCUT2D eigenvalue weighted by Gasteiger charge is 2.31. The number of nitrogens with zero attached hydrogens (tertiary/aromatic N) is 1. The van der Waals surface area contributed by atoms with E-state index < -0.39 is 24.7 Å². The van der Waals surface area contributed by atoms with Crippen molar-refractivity contribution in [2.75, 3.05) is 18.0 Å². The van der Waals surface area contributed by atoms with E-state index in [0.29, 0.717) is 24.1 Å². The molecule has 0 spiro atoms. The number of halogens is 3. The van der Waals surface area contributed by atoms with Crippen LogP contribution in [0.15, 0.2) is 18.2 Å². The van der Waals surface area contributed by atoms with Gasteiger partial charge in [0, 0.05) is 12.2 Å². The zero-order chi connectivity index (χ0) is 15.6. The summed E-state index contributed by atoms with van der Waals surface area (Å²) in [6.07, 6.45) is -3.52. The number of hydrogen-bond donors (Lipinski definition) is 2. The molecule has 1 aliphatic rings. The van der Waals surface area contributed by atoms with Gasteiger partial charge in [0.05, 0.1) is 5.56 Å². The fourth-order valence-corrected chi connectivity index (χ4v) is 2.31. The minimum atomic E-state index is -4.49. The van der Waals surface area contributed by atoms with Gasteiger partial charge >= 0.3 is 18.2 Å². The number of nitrogens with one attached hydrogen (secondary N) is 1. The summed E-state index contributed by atoms with van der Waals surface area (Å²) in [6, 6.07) is 3.54. The zero-order valence-corrected chi connectivity index (χ0v) is 10.9. The van der Waals surface area contributed by atoms with Crippen molar-refractivity contribution in [2.24, 2.45) is 0 Å². The van der Waals surface area contributed by atoms with Crippen LogP contribution in [0.2, 0.25) is 0 Å². The Bertz CT molecular complexity index is 572. The summed E-state index contributed by atoms with van der Waals surface area (Å²) < 4.78 is 36.4. The lowest BCUT2D eigenvalue weighted by Crippen LogP contribution is -2.46. The number of carbonyl (C=O) groups excluding carboxylic acids is 1. The average molecular weight is 302 g/mol. The molecule has 0 unspecified atom stereocenters. The number of alkyl halides is 3. The number of carboxylic acids is 1. The number of rotatable bonds is 2. The van der Waals surface area contributed by atoms with E-state index in [2.05, 4.69) is 0 Å². The number of carboxylic acid groups (broad SMARTS) is 1. The molecule has 0 fully saturated rings. The molecule has 2 amide bonds. The second kappa shape index (κ2) is 5.63. The van der Waals surface area contributed by atoms with Crippen LogP contribution in [0.3, 0.4) is 0 Å². The number of fused-ring (bicyclic) bond motifs is 1. The van der Waals surface area contributed by atoms with Crippen molar-refractivity contribution in [3.63, 3.8) is 0 Å². The van der Waals surface area contributed by atoms with Crippen LogP contribution in [0.1, 0.15) is 22.3 Å². The van der Waals surface area contributed by atoms with Crippen molar-refractivity contribution in [3.05, 3.63) is 29.3 Å². The SMILES string of the molecule is O=C(O)c1cccc2c1CCCN2C(=O)NCC(F)(F)F. The van der Waals surface area contributed by atoms with E-state index in [1.54, 1.807) is 5.32 Å². The Morgan fingerprint density at radius 3 is 2.67 bits per heavy atom. The summed E-state index contributed by atoms with van der Waals surface area (Å²) in [5, 5.41) is 10.9. The predicted octanol–water partition coefficient (Wildman–Crippen LogP) is 2.41. The third-order valence-corrected chi connectivity index (χ3v) is 3.17. The van der Waals surface area contributed by atoms with E-state index in [-0.39, 0.29) is 12.1 Å². The number of urea groups is 1. The van der Waals surface area contributed by atoms with Crippen molar-refractivity contribution in [2.45, 2.75) is 19.0 Å². The molecule has 5 nitrogen and oxygen atoms in total. The quantitative estimate of drug-likeness (QED) is 0.881. The Balaban J connectivity index is 2.24. The van der Waals surface area contributed by atoms with Crippen LogP contribution in [0.5, 0.6) is 0 Å². The van der Waals surface area contributed by atoms with Gasteiger partial charge in [-0.25, -0.2) is 9.59 Å². The highest BCUT2D eigenvalue weighted by atomic mass is 19.4. The maximum absolute atomic E-state index is 12.1. The summed E-state index contributed by atoms with van der Waals surface area (Å²) in [4.78, 5) is 24.1. The van der Waals surface area contributed by atoms with Gasteiger partial charge in [-0.2, -0.15) is 13.2 Å². The molecule has 0 saturated carbocycles. The number of hydrogen-bond acceptors (Lipinski definition) is 2. The van der Waals surface area contributed by atoms with Crippen LogP contribution in [-0.4, -0.2) is 36.4 Å². The third kappa shape index (κ3) is 3.45. The molecule has 0 aliphatic carbocycles. The predicted molar refractivity (Wildman–Crippen MR) is 68.5 cm³/mol. The number of aromatic carboxylic acids is 1. The van der Waals surface area contributed by atoms with Gasteiger partial charge in [0.2, 0.25) is 0 Å². The first kappa shape index (κ1) is 15.1. The number of anilines is 1. The second-order valence-electron chi connectivity index (χ2n) is 4.64. The van der Waals surface area contributed by atoms with Gasteiger partial charge in [-0.3, -0.25) is 4.90 Å². The van der Waals surface area contributed by atoms with Gasteiger partial charge in [-0.1, -0.05) is 6.07 Å². The topological polar surface area (TPSA) is 69.6 Å². The Hall–Kier alpha value is -2.25. The fraction of sp³-hybridized carbons (Fsp3) is 0.385. The van der Waals surface area contributed by atoms with Crippen molar-refractivity contribution in [3.8, 4) is 0 Å². The summed E-state index contributed by atoms with van der Waals surface area (Å²) in [5.41, 5.74) is 0.889. The second-order valence-corrected chi connectivity index (χ2v) is 4.64. The molecule has 8 heteroatoms. The summed E-state index contributed by atoms with van der Waals surface area (Å²) in [7, 11) is 0. The lowest BCUT2D eigenvalue weighted by Gasteiger charge is -2.30. The fourth-order valence-electron chi connectivity index (χ4n) is 2.31. The Labute approximate surface area is 118 Å². The van der Waals surface area contributed by atoms with Crippen LogP contribution in [0.4, 0.5) is 23.7 Å². The van der Waals surface area contributed by atoms with Gasteiger partial charge in [0.15, 0.2) is 0 Å². The first-order valence-corrected chi connectivity index (χ1v) is 6.27. The number of benzene rings is 1. The highest BCUT2D eigenvalue weighted by Crippen LogP contribution is 2.30. The molecule has 0 aromatic heterocycles. The smallest absolute Gasteiger partial charge is 0.405 e. The molecular weight excluding hydrogens is 289 g/mol. The summed E-state index contributed by atoms with van der Waals surface area (Å²) in [5.74, 6) is -1.12. The largest absolute Gasteiger partial charge is 0.478 e. The summed E-state index contributed by atoms with van der Waals surface area (Å²) in [6.45, 7) is -1.17. The van der Waals surface area contributed by atoms with E-state index >= 15 is 0 Å². The molecule has 0 radical (unpaired) electrons. The molecular formula is C13H13F3N2O3. The molecule has 1 heterocycles. The van der Waals surface area contributed by atoms with Crippen LogP contribution in [0, 0.1) is 0 Å². The zero-order valence-electron chi connectivity index (χ0n) is 10.9. The van der Waals surface area contributed by atoms with Gasteiger partial charge in [0.25, 0.3) is 0 Å². The van der Waals surface area contributed by atoms with Crippen LogP contribution < -0.4 is 10.2 Å². The van der Waals surface area contributed by atoms with Crippen molar-refractivity contribution in [1.29, 1.82) is 0 Å². The molecule has 0 saturated heterocycles. The van der Waals surface area contributed by atoms with Crippen molar-refractivity contribution in [1.82, 2.24) is 5.32 Å². The van der Waals surface area contributed by atoms with E-state index in [1.807, 2.05) is 0 Å². The lowest BCUT2D eigenvalue weighted by molar-refractivity contribution is -0.122. The minimum Gasteiger partial charge on any atom is -0.478 e. The maximum atomic E-state index is 12.1. The Morgan fingerprint density at radius 2 is 2.05 bits per heavy atom. The highest BCUT2D eigenvalue weighted by molar-refractivity contribution is 5.97. The van der Waals surface area contributed by atoms with E-state index in [1.165, 1.54) is 18.2 Å². The van der Waals surface area contributed by atoms with Gasteiger partial charge < -0.3 is 10.4 Å². The van der Waals surface area contributed by atoms with E-state index in [4.69, 9.17) is 5.11 Å². The van der Waals surface area contributed by atoms with Crippen molar-refractivity contribution >= 4 is 17.7 Å². The first-order chi connectivity index (χ1) is 9.79. The molecule has 2 N–H and O–H groups in total. The minimum absolute atomic E-state index is 0.0702. The molecule has 114 valence electrons. The van der Waals surface area contributed by atoms with E-state index in [0.717, 1.165) is 4.90 Å². The monoisotopic (exact) mass is 302 g/mol. The lowest BCUT2D eigenvalue weighted by atomic mass is 9.96. The standard InChI is InChI=1S/C13H13F3N2O3/c14-13(15,16)7-17-12(21)18-6-2-4-8-9(11(19)20)3-1-5-10(8)18/h1,3,5H,2,4,6-7H2,(H,17,21)(H,19,20). The molecule has 1 aromatic rings. The van der Waals surface area contributed by atoms with E-state index in [9.17, 15) is 22.8 Å². The normalized spacial score (nSPS) is 14.5. The molecule has 21 heavy (non-hydrogen) atoms. The van der Waals surface area contributed by atoms with Crippen molar-refractivity contribution < 1.29 is 27.9 Å². The molecule has 1 aromatic carbocycles. The van der Waals surface area contributed by atoms with Crippen LogP contribution in [-0.2, 0) is 6.42 Å². The van der Waals surface area contributed by atoms with Gasteiger partial charge in [-0.05, 0) is 30.5 Å². The third-order valence-electron chi connectivity index (χ3n) is 3.17.